The number of carbonyl (C=O) groups is 2. The van der Waals surface area contributed by atoms with Gasteiger partial charge < -0.3 is 10.2 Å². The SMILES string of the molecule is C=CC.CC=C(CCCC(=O)O)C(=O)O. The van der Waals surface area contributed by atoms with E-state index < -0.39 is 11.9 Å². The number of hydrogen-bond donors (Lipinski definition) is 2. The topological polar surface area (TPSA) is 74.6 Å². The molecule has 86 valence electrons. The molecule has 2 N–H and O–H groups in total. The van der Waals surface area contributed by atoms with Crippen LogP contribution < -0.4 is 0 Å². The number of carboxylic acid groups (broad SMARTS) is 2. The fourth-order valence-corrected chi connectivity index (χ4v) is 0.805. The average Bonchev–Trinajstić information content (AvgIpc) is 2.12. The van der Waals surface area contributed by atoms with E-state index in [-0.39, 0.29) is 12.0 Å². The molecule has 0 aromatic rings. The van der Waals surface area contributed by atoms with E-state index in [2.05, 4.69) is 6.58 Å². The molecule has 0 fully saturated rings. The summed E-state index contributed by atoms with van der Waals surface area (Å²) in [7, 11) is 0. The van der Waals surface area contributed by atoms with Crippen LogP contribution in [0.5, 0.6) is 0 Å². The molecule has 0 rings (SSSR count). The molecule has 15 heavy (non-hydrogen) atoms. The van der Waals surface area contributed by atoms with Gasteiger partial charge in [0.2, 0.25) is 0 Å². The lowest BCUT2D eigenvalue weighted by Gasteiger charge is -1.98. The first-order chi connectivity index (χ1) is 6.99. The Labute approximate surface area is 89.9 Å². The van der Waals surface area contributed by atoms with Crippen molar-refractivity contribution in [1.29, 1.82) is 0 Å². The highest BCUT2D eigenvalue weighted by Gasteiger charge is 2.06. The third-order valence-corrected chi connectivity index (χ3v) is 1.46. The molecule has 0 bridgehead atoms. The molecule has 4 nitrogen and oxygen atoms in total. The van der Waals surface area contributed by atoms with Crippen molar-refractivity contribution < 1.29 is 19.8 Å². The second-order valence-electron chi connectivity index (χ2n) is 2.77. The molecule has 0 aromatic carbocycles. The van der Waals surface area contributed by atoms with E-state index >= 15 is 0 Å². The molecule has 0 aromatic heterocycles. The Morgan fingerprint density at radius 3 is 1.93 bits per heavy atom. The van der Waals surface area contributed by atoms with Crippen LogP contribution in [0.1, 0.15) is 33.1 Å². The van der Waals surface area contributed by atoms with Crippen LogP contribution in [0.25, 0.3) is 0 Å². The highest BCUT2D eigenvalue weighted by molar-refractivity contribution is 5.86. The number of aliphatic carboxylic acids is 2. The van der Waals surface area contributed by atoms with Gasteiger partial charge in [0.05, 0.1) is 0 Å². The van der Waals surface area contributed by atoms with Crippen molar-refractivity contribution >= 4 is 11.9 Å². The molecule has 0 heterocycles. The second-order valence-corrected chi connectivity index (χ2v) is 2.77. The summed E-state index contributed by atoms with van der Waals surface area (Å²) in [5.74, 6) is -1.86. The van der Waals surface area contributed by atoms with Crippen molar-refractivity contribution in [3.05, 3.63) is 24.3 Å². The Morgan fingerprint density at radius 1 is 1.20 bits per heavy atom. The molecule has 0 atom stereocenters. The summed E-state index contributed by atoms with van der Waals surface area (Å²) in [5, 5.41) is 16.8. The lowest BCUT2D eigenvalue weighted by molar-refractivity contribution is -0.137. The Balaban J connectivity index is 0. The molecule has 0 spiro atoms. The predicted octanol–water partition coefficient (Wildman–Crippen LogP) is 2.46. The van der Waals surface area contributed by atoms with E-state index in [0.29, 0.717) is 12.8 Å². The maximum absolute atomic E-state index is 10.4. The van der Waals surface area contributed by atoms with E-state index in [1.807, 2.05) is 6.92 Å². The van der Waals surface area contributed by atoms with Crippen molar-refractivity contribution in [2.24, 2.45) is 0 Å². The average molecular weight is 214 g/mol. The van der Waals surface area contributed by atoms with Crippen LogP contribution in [0.4, 0.5) is 0 Å². The minimum Gasteiger partial charge on any atom is -0.481 e. The van der Waals surface area contributed by atoms with Crippen LogP contribution in [-0.4, -0.2) is 22.2 Å². The van der Waals surface area contributed by atoms with Crippen molar-refractivity contribution in [2.45, 2.75) is 33.1 Å². The molecule has 0 unspecified atom stereocenters. The molecule has 0 radical (unpaired) electrons. The Bertz CT molecular complexity index is 241. The summed E-state index contributed by atoms with van der Waals surface area (Å²) < 4.78 is 0. The zero-order chi connectivity index (χ0) is 12.3. The normalized spacial score (nSPS) is 9.87. The molecule has 0 aliphatic rings. The van der Waals surface area contributed by atoms with Gasteiger partial charge in [-0.1, -0.05) is 12.2 Å². The van der Waals surface area contributed by atoms with Gasteiger partial charge in [-0.05, 0) is 26.7 Å². The van der Waals surface area contributed by atoms with Gasteiger partial charge in [0.25, 0.3) is 0 Å². The Kier molecular flexibility index (Phi) is 11.1. The zero-order valence-corrected chi connectivity index (χ0v) is 9.19. The molecule has 0 aliphatic heterocycles. The van der Waals surface area contributed by atoms with E-state index in [4.69, 9.17) is 10.2 Å². The molecule has 0 amide bonds. The van der Waals surface area contributed by atoms with Crippen molar-refractivity contribution in [2.75, 3.05) is 0 Å². The summed E-state index contributed by atoms with van der Waals surface area (Å²) >= 11 is 0. The second kappa shape index (κ2) is 10.5. The van der Waals surface area contributed by atoms with Gasteiger partial charge in [0.1, 0.15) is 0 Å². The number of carboxylic acids is 2. The van der Waals surface area contributed by atoms with E-state index in [0.717, 1.165) is 0 Å². The van der Waals surface area contributed by atoms with E-state index in [1.54, 1.807) is 13.0 Å². The van der Waals surface area contributed by atoms with Crippen LogP contribution in [0.15, 0.2) is 24.3 Å². The molecule has 0 saturated carbocycles. The fraction of sp³-hybridized carbons (Fsp3) is 0.455. The fourth-order valence-electron chi connectivity index (χ4n) is 0.805. The highest BCUT2D eigenvalue weighted by atomic mass is 16.4. The lowest BCUT2D eigenvalue weighted by atomic mass is 10.1. The van der Waals surface area contributed by atoms with Gasteiger partial charge >= 0.3 is 11.9 Å². The highest BCUT2D eigenvalue weighted by Crippen LogP contribution is 2.07. The van der Waals surface area contributed by atoms with Crippen LogP contribution in [-0.2, 0) is 9.59 Å². The van der Waals surface area contributed by atoms with Gasteiger partial charge in [-0.2, -0.15) is 0 Å². The Hall–Kier alpha value is -1.58. The summed E-state index contributed by atoms with van der Waals surface area (Å²) in [6.45, 7) is 6.88. The van der Waals surface area contributed by atoms with Gasteiger partial charge in [-0.3, -0.25) is 4.79 Å². The van der Waals surface area contributed by atoms with Gasteiger partial charge in [0.15, 0.2) is 0 Å². The van der Waals surface area contributed by atoms with Crippen molar-refractivity contribution in [3.63, 3.8) is 0 Å². The standard InChI is InChI=1S/C8H12O4.C3H6/c1-2-6(8(11)12)4-3-5-7(9)10;1-3-2/h2H,3-5H2,1H3,(H,9,10)(H,11,12);3H,1H2,2H3. The van der Waals surface area contributed by atoms with Gasteiger partial charge in [0, 0.05) is 12.0 Å². The number of rotatable bonds is 5. The van der Waals surface area contributed by atoms with Crippen molar-refractivity contribution in [1.82, 2.24) is 0 Å². The summed E-state index contributed by atoms with van der Waals surface area (Å²) in [6, 6.07) is 0. The largest absolute Gasteiger partial charge is 0.481 e. The maximum atomic E-state index is 10.4. The van der Waals surface area contributed by atoms with Gasteiger partial charge in [-0.15, -0.1) is 6.58 Å². The van der Waals surface area contributed by atoms with E-state index in [9.17, 15) is 9.59 Å². The monoisotopic (exact) mass is 214 g/mol. The molecule has 4 heteroatoms. The van der Waals surface area contributed by atoms with Crippen LogP contribution in [0.3, 0.4) is 0 Å². The number of allylic oxidation sites excluding steroid dienone is 2. The van der Waals surface area contributed by atoms with Crippen LogP contribution >= 0.6 is 0 Å². The van der Waals surface area contributed by atoms with Crippen LogP contribution in [0.2, 0.25) is 0 Å². The minimum absolute atomic E-state index is 0.0185. The molecular formula is C11H18O4. The third-order valence-electron chi connectivity index (χ3n) is 1.46. The van der Waals surface area contributed by atoms with E-state index in [1.165, 1.54) is 6.08 Å². The smallest absolute Gasteiger partial charge is 0.331 e. The molecule has 0 aliphatic carbocycles. The first-order valence-electron chi connectivity index (χ1n) is 4.66. The quantitative estimate of drug-likeness (QED) is 0.544. The summed E-state index contributed by atoms with van der Waals surface area (Å²) in [6.07, 6.45) is 3.95. The molecular weight excluding hydrogens is 196 g/mol. The van der Waals surface area contributed by atoms with Crippen molar-refractivity contribution in [3.8, 4) is 0 Å². The Morgan fingerprint density at radius 2 is 1.67 bits per heavy atom. The first kappa shape index (κ1) is 15.9. The van der Waals surface area contributed by atoms with Gasteiger partial charge in [-0.25, -0.2) is 4.79 Å². The first-order valence-corrected chi connectivity index (χ1v) is 4.66. The lowest BCUT2D eigenvalue weighted by Crippen LogP contribution is -2.01. The van der Waals surface area contributed by atoms with Crippen LogP contribution in [0, 0.1) is 0 Å². The summed E-state index contributed by atoms with van der Waals surface area (Å²) in [4.78, 5) is 20.5. The third kappa shape index (κ3) is 12.4. The maximum Gasteiger partial charge on any atom is 0.331 e. The summed E-state index contributed by atoms with van der Waals surface area (Å²) in [5.41, 5.74) is 0.274. The number of hydrogen-bond acceptors (Lipinski definition) is 2. The molecule has 0 saturated heterocycles. The minimum atomic E-state index is -0.970. The predicted molar refractivity (Wildman–Crippen MR) is 58.8 cm³/mol. The zero-order valence-electron chi connectivity index (χ0n) is 9.19.